The maximum atomic E-state index is 10.2. The highest BCUT2D eigenvalue weighted by Gasteiger charge is 2.21. The fourth-order valence-electron chi connectivity index (χ4n) is 3.03. The fraction of sp³-hybridized carbons (Fsp3) is 0.647. The monoisotopic (exact) mass is 261 g/mol. The normalized spacial score (nSPS) is 25.5. The third-order valence-electron chi connectivity index (χ3n) is 4.55. The van der Waals surface area contributed by atoms with E-state index in [0.717, 1.165) is 30.5 Å². The standard InChI is InChI=1S/C17H27NO/c1-14-8-10-16(11-9-14)18(2)13-12-17(19)15-6-4-3-5-7-15/h3-7,14,16-17,19H,8-13H2,1-2H3. The summed E-state index contributed by atoms with van der Waals surface area (Å²) in [5, 5.41) is 10.2. The van der Waals surface area contributed by atoms with E-state index in [1.165, 1.54) is 25.7 Å². The van der Waals surface area contributed by atoms with Gasteiger partial charge in [-0.1, -0.05) is 37.3 Å². The number of aliphatic hydroxyl groups excluding tert-OH is 1. The third kappa shape index (κ3) is 4.32. The summed E-state index contributed by atoms with van der Waals surface area (Å²) in [5.41, 5.74) is 1.04. The lowest BCUT2D eigenvalue weighted by molar-refractivity contribution is 0.119. The molecule has 1 unspecified atom stereocenters. The Bertz CT molecular complexity index is 357. The lowest BCUT2D eigenvalue weighted by Crippen LogP contribution is -2.35. The Morgan fingerprint density at radius 1 is 1.16 bits per heavy atom. The molecule has 2 heteroatoms. The molecule has 106 valence electrons. The molecule has 1 atom stereocenters. The summed E-state index contributed by atoms with van der Waals surface area (Å²) in [5.74, 6) is 0.902. The average Bonchev–Trinajstić information content (AvgIpc) is 2.46. The van der Waals surface area contributed by atoms with E-state index < -0.39 is 0 Å². The summed E-state index contributed by atoms with van der Waals surface area (Å²) in [6.45, 7) is 3.34. The van der Waals surface area contributed by atoms with Crippen LogP contribution < -0.4 is 0 Å². The number of hydrogen-bond acceptors (Lipinski definition) is 2. The molecule has 1 aliphatic carbocycles. The van der Waals surface area contributed by atoms with Crippen LogP contribution in [0.3, 0.4) is 0 Å². The summed E-state index contributed by atoms with van der Waals surface area (Å²) in [6.07, 6.45) is 5.85. The predicted octanol–water partition coefficient (Wildman–Crippen LogP) is 3.62. The zero-order valence-corrected chi connectivity index (χ0v) is 12.3. The molecule has 1 fully saturated rings. The van der Waals surface area contributed by atoms with Crippen LogP contribution in [0.2, 0.25) is 0 Å². The van der Waals surface area contributed by atoms with E-state index >= 15 is 0 Å². The summed E-state index contributed by atoms with van der Waals surface area (Å²) in [7, 11) is 2.21. The number of hydrogen-bond donors (Lipinski definition) is 1. The molecule has 1 aromatic carbocycles. The Kier molecular flexibility index (Phi) is 5.41. The van der Waals surface area contributed by atoms with Crippen LogP contribution in [0.5, 0.6) is 0 Å². The van der Waals surface area contributed by atoms with Crippen molar-refractivity contribution in [2.24, 2.45) is 5.92 Å². The van der Waals surface area contributed by atoms with Crippen molar-refractivity contribution < 1.29 is 5.11 Å². The number of aliphatic hydroxyl groups is 1. The second-order valence-electron chi connectivity index (χ2n) is 6.11. The van der Waals surface area contributed by atoms with Crippen LogP contribution in [0.15, 0.2) is 30.3 Å². The molecule has 1 aromatic rings. The van der Waals surface area contributed by atoms with Crippen molar-refractivity contribution in [1.29, 1.82) is 0 Å². The lowest BCUT2D eigenvalue weighted by atomic mass is 9.86. The molecule has 19 heavy (non-hydrogen) atoms. The van der Waals surface area contributed by atoms with E-state index in [-0.39, 0.29) is 6.10 Å². The zero-order valence-electron chi connectivity index (χ0n) is 12.3. The smallest absolute Gasteiger partial charge is 0.0802 e. The van der Waals surface area contributed by atoms with E-state index in [4.69, 9.17) is 0 Å². The van der Waals surface area contributed by atoms with Gasteiger partial charge in [-0.15, -0.1) is 0 Å². The van der Waals surface area contributed by atoms with Gasteiger partial charge in [0.2, 0.25) is 0 Å². The van der Waals surface area contributed by atoms with Crippen LogP contribution in [-0.4, -0.2) is 29.6 Å². The van der Waals surface area contributed by atoms with E-state index in [2.05, 4.69) is 18.9 Å². The van der Waals surface area contributed by atoms with Crippen LogP contribution in [0.1, 0.15) is 50.7 Å². The molecule has 2 nitrogen and oxygen atoms in total. The Balaban J connectivity index is 1.75. The maximum absolute atomic E-state index is 10.2. The number of rotatable bonds is 5. The van der Waals surface area contributed by atoms with Gasteiger partial charge in [0, 0.05) is 12.6 Å². The second kappa shape index (κ2) is 7.06. The van der Waals surface area contributed by atoms with Crippen LogP contribution in [-0.2, 0) is 0 Å². The van der Waals surface area contributed by atoms with Crippen LogP contribution >= 0.6 is 0 Å². The fourth-order valence-corrected chi connectivity index (χ4v) is 3.03. The molecule has 2 rings (SSSR count). The zero-order chi connectivity index (χ0) is 13.7. The first-order chi connectivity index (χ1) is 9.16. The van der Waals surface area contributed by atoms with Gasteiger partial charge in [-0.2, -0.15) is 0 Å². The van der Waals surface area contributed by atoms with Crippen molar-refractivity contribution in [1.82, 2.24) is 4.90 Å². The molecular formula is C17H27NO. The van der Waals surface area contributed by atoms with Crippen LogP contribution in [0.25, 0.3) is 0 Å². The Morgan fingerprint density at radius 2 is 1.79 bits per heavy atom. The van der Waals surface area contributed by atoms with Crippen molar-refractivity contribution in [3.05, 3.63) is 35.9 Å². The van der Waals surface area contributed by atoms with Gasteiger partial charge in [0.05, 0.1) is 6.10 Å². The first-order valence-corrected chi connectivity index (χ1v) is 7.60. The molecule has 1 saturated carbocycles. The highest BCUT2D eigenvalue weighted by molar-refractivity contribution is 5.17. The quantitative estimate of drug-likeness (QED) is 0.875. The molecule has 0 amide bonds. The molecule has 1 aliphatic rings. The Hall–Kier alpha value is -0.860. The van der Waals surface area contributed by atoms with Crippen molar-refractivity contribution >= 4 is 0 Å². The topological polar surface area (TPSA) is 23.5 Å². The first kappa shape index (κ1) is 14.5. The van der Waals surface area contributed by atoms with E-state index in [9.17, 15) is 5.11 Å². The SMILES string of the molecule is CC1CCC(N(C)CCC(O)c2ccccc2)CC1. The molecule has 0 aliphatic heterocycles. The van der Waals surface area contributed by atoms with Gasteiger partial charge in [0.25, 0.3) is 0 Å². The highest BCUT2D eigenvalue weighted by Crippen LogP contribution is 2.27. The van der Waals surface area contributed by atoms with Gasteiger partial charge in [-0.25, -0.2) is 0 Å². The molecule has 0 aromatic heterocycles. The predicted molar refractivity (Wildman–Crippen MR) is 80.1 cm³/mol. The van der Waals surface area contributed by atoms with Crippen molar-refractivity contribution in [2.45, 2.75) is 51.2 Å². The first-order valence-electron chi connectivity index (χ1n) is 7.60. The molecule has 0 spiro atoms. The molecule has 0 bridgehead atoms. The maximum Gasteiger partial charge on any atom is 0.0802 e. The van der Waals surface area contributed by atoms with Crippen molar-refractivity contribution in [3.8, 4) is 0 Å². The van der Waals surface area contributed by atoms with Gasteiger partial charge in [-0.3, -0.25) is 0 Å². The van der Waals surface area contributed by atoms with Crippen LogP contribution in [0.4, 0.5) is 0 Å². The highest BCUT2D eigenvalue weighted by atomic mass is 16.3. The van der Waals surface area contributed by atoms with E-state index in [1.807, 2.05) is 30.3 Å². The second-order valence-corrected chi connectivity index (χ2v) is 6.11. The summed E-state index contributed by atoms with van der Waals surface area (Å²) >= 11 is 0. The average molecular weight is 261 g/mol. The minimum absolute atomic E-state index is 0.328. The van der Waals surface area contributed by atoms with Crippen molar-refractivity contribution in [3.63, 3.8) is 0 Å². The Morgan fingerprint density at radius 3 is 2.42 bits per heavy atom. The largest absolute Gasteiger partial charge is 0.388 e. The van der Waals surface area contributed by atoms with Crippen LogP contribution in [0, 0.1) is 5.92 Å². The van der Waals surface area contributed by atoms with Crippen molar-refractivity contribution in [2.75, 3.05) is 13.6 Å². The van der Waals surface area contributed by atoms with Gasteiger partial charge >= 0.3 is 0 Å². The minimum atomic E-state index is -0.328. The molecule has 0 heterocycles. The van der Waals surface area contributed by atoms with E-state index in [1.54, 1.807) is 0 Å². The van der Waals surface area contributed by atoms with Gasteiger partial charge in [0.15, 0.2) is 0 Å². The lowest BCUT2D eigenvalue weighted by Gasteiger charge is -2.34. The molecular weight excluding hydrogens is 234 g/mol. The van der Waals surface area contributed by atoms with Gasteiger partial charge < -0.3 is 10.0 Å². The number of benzene rings is 1. The number of nitrogens with zero attached hydrogens (tertiary/aromatic N) is 1. The summed E-state index contributed by atoms with van der Waals surface area (Å²) in [6, 6.07) is 10.7. The minimum Gasteiger partial charge on any atom is -0.388 e. The van der Waals surface area contributed by atoms with Gasteiger partial charge in [0.1, 0.15) is 0 Å². The summed E-state index contributed by atoms with van der Waals surface area (Å²) < 4.78 is 0. The summed E-state index contributed by atoms with van der Waals surface area (Å²) in [4.78, 5) is 2.44. The van der Waals surface area contributed by atoms with E-state index in [0.29, 0.717) is 0 Å². The molecule has 1 N–H and O–H groups in total. The third-order valence-corrected chi connectivity index (χ3v) is 4.55. The molecule has 0 radical (unpaired) electrons. The molecule has 0 saturated heterocycles. The van der Waals surface area contributed by atoms with Gasteiger partial charge in [-0.05, 0) is 50.6 Å². The Labute approximate surface area is 117 Å².